The van der Waals surface area contributed by atoms with Crippen LogP contribution in [0.4, 0.5) is 0 Å². The van der Waals surface area contributed by atoms with Gasteiger partial charge in [-0.05, 0) is 50.3 Å². The maximum absolute atomic E-state index is 13.3. The zero-order valence-electron chi connectivity index (χ0n) is 21.7. The van der Waals surface area contributed by atoms with E-state index in [9.17, 15) is 15.0 Å². The minimum Gasteiger partial charge on any atom is -0.457 e. The number of para-hydroxylation sites is 2. The molecule has 0 spiro atoms. The number of hydrogen-bond donors (Lipinski definition) is 3. The molecule has 1 saturated heterocycles. The Labute approximate surface area is 219 Å². The number of nitrogens with zero attached hydrogens (tertiary/aromatic N) is 1. The fourth-order valence-electron chi connectivity index (χ4n) is 5.18. The summed E-state index contributed by atoms with van der Waals surface area (Å²) in [7, 11) is 1.67. The van der Waals surface area contributed by atoms with Gasteiger partial charge in [0.2, 0.25) is 0 Å². The van der Waals surface area contributed by atoms with Crippen molar-refractivity contribution in [2.45, 2.75) is 50.4 Å². The van der Waals surface area contributed by atoms with Crippen molar-refractivity contribution < 1.29 is 24.5 Å². The largest absolute Gasteiger partial charge is 0.457 e. The van der Waals surface area contributed by atoms with Crippen molar-refractivity contribution in [2.24, 2.45) is 11.7 Å². The van der Waals surface area contributed by atoms with Gasteiger partial charge >= 0.3 is 0 Å². The van der Waals surface area contributed by atoms with E-state index in [-0.39, 0.29) is 18.4 Å². The van der Waals surface area contributed by atoms with Crippen LogP contribution in [0.15, 0.2) is 72.3 Å². The number of ether oxygens (including phenoxy) is 2. The van der Waals surface area contributed by atoms with E-state index in [1.807, 2.05) is 67.6 Å². The minimum absolute atomic E-state index is 0.181. The molecule has 0 aromatic heterocycles. The first-order valence-corrected chi connectivity index (χ1v) is 13.0. The maximum Gasteiger partial charge on any atom is 0.253 e. The Morgan fingerprint density at radius 3 is 2.54 bits per heavy atom. The molecule has 7 nitrogen and oxygen atoms in total. The molecule has 1 amide bonds. The normalized spacial score (nSPS) is 23.0. The van der Waals surface area contributed by atoms with E-state index in [0.29, 0.717) is 42.9 Å². The van der Waals surface area contributed by atoms with Crippen molar-refractivity contribution in [3.05, 3.63) is 83.5 Å². The highest BCUT2D eigenvalue weighted by molar-refractivity contribution is 5.96. The molecule has 4 N–H and O–H groups in total. The van der Waals surface area contributed by atoms with Gasteiger partial charge in [0, 0.05) is 49.9 Å². The topological polar surface area (TPSA) is 105 Å². The Morgan fingerprint density at radius 1 is 1.11 bits per heavy atom. The van der Waals surface area contributed by atoms with E-state index in [4.69, 9.17) is 15.2 Å². The lowest BCUT2D eigenvalue weighted by molar-refractivity contribution is -0.126. The number of benzene rings is 2. The quantitative estimate of drug-likeness (QED) is 0.423. The number of β-amino-alcohol motifs (C(OH)–C–C–N with tert-alkyl or cyclic N) is 1. The van der Waals surface area contributed by atoms with Crippen molar-refractivity contribution in [1.29, 1.82) is 0 Å². The van der Waals surface area contributed by atoms with Crippen molar-refractivity contribution in [2.75, 3.05) is 26.8 Å². The summed E-state index contributed by atoms with van der Waals surface area (Å²) in [6, 6.07) is 14.9. The molecule has 7 heteroatoms. The van der Waals surface area contributed by atoms with Crippen LogP contribution in [0.3, 0.4) is 0 Å². The van der Waals surface area contributed by atoms with Crippen LogP contribution < -0.4 is 10.5 Å². The first-order valence-electron chi connectivity index (χ1n) is 13.0. The Kier molecular flexibility index (Phi) is 8.82. The number of unbranched alkanes of at least 4 members (excludes halogenated alkanes) is 1. The molecular formula is C30H38N2O5. The Hall–Kier alpha value is -2.97. The number of allylic oxidation sites excluding steroid dienone is 1. The number of methoxy groups -OCH3 is 1. The molecule has 0 saturated carbocycles. The fraction of sp³-hybridized carbons (Fsp3) is 0.433. The van der Waals surface area contributed by atoms with Crippen molar-refractivity contribution in [3.63, 3.8) is 0 Å². The number of likely N-dealkylation sites (tertiary alicyclic amines) is 1. The number of aliphatic hydroxyl groups excluding tert-OH is 1. The van der Waals surface area contributed by atoms with E-state index in [0.717, 1.165) is 24.2 Å². The number of amides is 1. The predicted octanol–water partition coefficient (Wildman–Crippen LogP) is 3.82. The van der Waals surface area contributed by atoms with E-state index >= 15 is 0 Å². The lowest BCUT2D eigenvalue weighted by Gasteiger charge is -2.37. The van der Waals surface area contributed by atoms with E-state index in [1.165, 1.54) is 0 Å². The molecule has 1 aliphatic heterocycles. The average Bonchev–Trinajstić information content (AvgIpc) is 3.25. The maximum atomic E-state index is 13.3. The van der Waals surface area contributed by atoms with Crippen LogP contribution in [-0.2, 0) is 15.1 Å². The number of rotatable bonds is 10. The summed E-state index contributed by atoms with van der Waals surface area (Å²) >= 11 is 0. The van der Waals surface area contributed by atoms with Gasteiger partial charge in [-0.15, -0.1) is 0 Å². The lowest BCUT2D eigenvalue weighted by atomic mass is 9.73. The Bertz CT molecular complexity index is 1140. The smallest absolute Gasteiger partial charge is 0.253 e. The highest BCUT2D eigenvalue weighted by Crippen LogP contribution is 2.45. The molecule has 2 aromatic rings. The predicted molar refractivity (Wildman–Crippen MR) is 143 cm³/mol. The minimum atomic E-state index is -1.27. The molecule has 0 bridgehead atoms. The van der Waals surface area contributed by atoms with Gasteiger partial charge in [0.05, 0.1) is 11.7 Å². The van der Waals surface area contributed by atoms with Crippen LogP contribution in [0.25, 0.3) is 0 Å². The summed E-state index contributed by atoms with van der Waals surface area (Å²) < 4.78 is 11.6. The van der Waals surface area contributed by atoms with Gasteiger partial charge in [-0.2, -0.15) is 0 Å². The summed E-state index contributed by atoms with van der Waals surface area (Å²) in [5, 5.41) is 22.4. The van der Waals surface area contributed by atoms with Crippen LogP contribution >= 0.6 is 0 Å². The summed E-state index contributed by atoms with van der Waals surface area (Å²) in [6.45, 7) is 3.12. The number of nitrogens with two attached hydrogens (primary N) is 1. The van der Waals surface area contributed by atoms with E-state index in [1.54, 1.807) is 18.1 Å². The summed E-state index contributed by atoms with van der Waals surface area (Å²) in [5.41, 5.74) is 6.86. The SMILES string of the molecule is COCCCCC(O)(c1ccccc1Oc1ccccc1C)C1C=C(C(=O)N2C[C@@H](N)[C@@H](O)C2)C=CC1. The van der Waals surface area contributed by atoms with Gasteiger partial charge in [0.1, 0.15) is 11.5 Å². The second kappa shape index (κ2) is 12.0. The molecule has 2 aromatic carbocycles. The fourth-order valence-corrected chi connectivity index (χ4v) is 5.18. The molecule has 4 rings (SSSR count). The van der Waals surface area contributed by atoms with Gasteiger partial charge in [-0.3, -0.25) is 4.79 Å². The highest BCUT2D eigenvalue weighted by atomic mass is 16.5. The monoisotopic (exact) mass is 506 g/mol. The number of carbonyl (C=O) groups excluding carboxylic acids is 1. The third-order valence-electron chi connectivity index (χ3n) is 7.37. The van der Waals surface area contributed by atoms with Crippen LogP contribution in [-0.4, -0.2) is 60.0 Å². The van der Waals surface area contributed by atoms with E-state index in [2.05, 4.69) is 0 Å². The zero-order valence-corrected chi connectivity index (χ0v) is 21.7. The molecule has 0 radical (unpaired) electrons. The molecule has 1 heterocycles. The van der Waals surface area contributed by atoms with Crippen molar-refractivity contribution in [3.8, 4) is 11.5 Å². The second-order valence-electron chi connectivity index (χ2n) is 10.0. The first kappa shape index (κ1) is 27.1. The molecule has 198 valence electrons. The Morgan fingerprint density at radius 2 is 1.84 bits per heavy atom. The molecule has 2 unspecified atom stereocenters. The molecular weight excluding hydrogens is 468 g/mol. The number of carbonyl (C=O) groups is 1. The summed E-state index contributed by atoms with van der Waals surface area (Å²) in [4.78, 5) is 14.8. The first-order chi connectivity index (χ1) is 17.8. The van der Waals surface area contributed by atoms with Gasteiger partial charge in [0.25, 0.3) is 5.91 Å². The molecule has 1 aliphatic carbocycles. The summed E-state index contributed by atoms with van der Waals surface area (Å²) in [6.07, 6.45) is 7.50. The van der Waals surface area contributed by atoms with Gasteiger partial charge < -0.3 is 30.3 Å². The lowest BCUT2D eigenvalue weighted by Crippen LogP contribution is -2.37. The number of aliphatic hydroxyl groups is 2. The molecule has 4 atom stereocenters. The van der Waals surface area contributed by atoms with Crippen molar-refractivity contribution >= 4 is 5.91 Å². The van der Waals surface area contributed by atoms with Crippen LogP contribution in [0.2, 0.25) is 0 Å². The number of aryl methyl sites for hydroxylation is 1. The van der Waals surface area contributed by atoms with Crippen LogP contribution in [0.1, 0.15) is 36.8 Å². The van der Waals surface area contributed by atoms with Gasteiger partial charge in [-0.1, -0.05) is 54.6 Å². The Balaban J connectivity index is 1.67. The standard InChI is InChI=1S/C30H38N2O5/c1-21-10-3-5-14-27(21)37-28-15-6-4-13-24(28)30(35,16-7-8-17-36-2)23-12-9-11-22(18-23)29(34)32-19-25(31)26(33)20-32/h3-6,9-11,13-15,18,23,25-26,33,35H,7-8,12,16-17,19-20,31H2,1-2H3/t23?,25-,26+,30?/m1/s1. The van der Waals surface area contributed by atoms with Crippen LogP contribution in [0.5, 0.6) is 11.5 Å². The second-order valence-corrected chi connectivity index (χ2v) is 10.0. The molecule has 2 aliphatic rings. The highest BCUT2D eigenvalue weighted by Gasteiger charge is 2.41. The summed E-state index contributed by atoms with van der Waals surface area (Å²) in [5.74, 6) is 0.798. The van der Waals surface area contributed by atoms with Gasteiger partial charge in [-0.25, -0.2) is 0 Å². The van der Waals surface area contributed by atoms with Crippen molar-refractivity contribution in [1.82, 2.24) is 4.90 Å². The zero-order chi connectivity index (χ0) is 26.4. The van der Waals surface area contributed by atoms with Crippen LogP contribution in [0, 0.1) is 12.8 Å². The molecule has 37 heavy (non-hydrogen) atoms. The molecule has 1 fully saturated rings. The average molecular weight is 507 g/mol. The number of hydrogen-bond acceptors (Lipinski definition) is 6. The van der Waals surface area contributed by atoms with E-state index < -0.39 is 17.7 Å². The third-order valence-corrected chi connectivity index (χ3v) is 7.37. The van der Waals surface area contributed by atoms with Gasteiger partial charge in [0.15, 0.2) is 0 Å². The third kappa shape index (κ3) is 6.13.